The SMILES string of the molecule is O=S(=O)([CH-]Cl)c1ccccc1.[Li+]. The topological polar surface area (TPSA) is 34.1 Å². The van der Waals surface area contributed by atoms with Crippen LogP contribution in [0.5, 0.6) is 0 Å². The zero-order valence-electron chi connectivity index (χ0n) is 6.57. The van der Waals surface area contributed by atoms with Gasteiger partial charge in [0.2, 0.25) is 0 Å². The summed E-state index contributed by atoms with van der Waals surface area (Å²) in [4.78, 5) is 0.218. The van der Waals surface area contributed by atoms with Gasteiger partial charge in [0.25, 0.3) is 0 Å². The van der Waals surface area contributed by atoms with Crippen molar-refractivity contribution in [3.63, 3.8) is 0 Å². The van der Waals surface area contributed by atoms with Crippen molar-refractivity contribution in [1.29, 1.82) is 0 Å². The van der Waals surface area contributed by atoms with Gasteiger partial charge in [-0.25, -0.2) is 0 Å². The molecule has 0 aliphatic rings. The molecule has 0 aliphatic heterocycles. The summed E-state index contributed by atoms with van der Waals surface area (Å²) in [6.07, 6.45) is 0. The van der Waals surface area contributed by atoms with Crippen molar-refractivity contribution in [3.05, 3.63) is 35.5 Å². The van der Waals surface area contributed by atoms with Crippen LogP contribution in [0.2, 0.25) is 0 Å². The first-order chi connectivity index (χ1) is 5.17. The molecule has 0 saturated carbocycles. The van der Waals surface area contributed by atoms with E-state index in [-0.39, 0.29) is 23.8 Å². The van der Waals surface area contributed by atoms with Crippen LogP contribution >= 0.6 is 11.6 Å². The Morgan fingerprint density at radius 1 is 1.17 bits per heavy atom. The Kier molecular flexibility index (Phi) is 4.96. The van der Waals surface area contributed by atoms with Crippen molar-refractivity contribution >= 4 is 21.4 Å². The molecular formula is C7H6ClLiO2S. The Labute approximate surface area is 89.0 Å². The van der Waals surface area contributed by atoms with Crippen molar-refractivity contribution in [3.8, 4) is 0 Å². The van der Waals surface area contributed by atoms with Crippen molar-refractivity contribution in [2.75, 3.05) is 0 Å². The molecule has 0 amide bonds. The standard InChI is InChI=1S/C7H6ClO2S.Li/c8-6-11(9,10)7-4-2-1-3-5-7;/h1-6H;/q-1;+1. The van der Waals surface area contributed by atoms with Gasteiger partial charge in [-0.2, -0.15) is 0 Å². The van der Waals surface area contributed by atoms with Crippen LogP contribution in [0.25, 0.3) is 0 Å². The molecule has 2 nitrogen and oxygen atoms in total. The quantitative estimate of drug-likeness (QED) is 0.441. The second-order valence-corrected chi connectivity index (χ2v) is 4.22. The molecule has 1 aromatic carbocycles. The minimum Gasteiger partial charge on any atom is -0.332 e. The molecule has 60 valence electrons. The molecule has 0 atom stereocenters. The predicted octanol–water partition coefficient (Wildman–Crippen LogP) is -1.18. The van der Waals surface area contributed by atoms with Crippen LogP contribution in [0.3, 0.4) is 0 Å². The first-order valence-electron chi connectivity index (χ1n) is 2.90. The maximum Gasteiger partial charge on any atom is 1.00 e. The van der Waals surface area contributed by atoms with Crippen molar-refractivity contribution < 1.29 is 27.3 Å². The van der Waals surface area contributed by atoms with Gasteiger partial charge in [0, 0.05) is 4.90 Å². The monoisotopic (exact) mass is 196 g/mol. The molecule has 0 radical (unpaired) electrons. The summed E-state index contributed by atoms with van der Waals surface area (Å²) in [6.45, 7) is 0. The van der Waals surface area contributed by atoms with Crippen molar-refractivity contribution in [1.82, 2.24) is 0 Å². The van der Waals surface area contributed by atoms with Gasteiger partial charge in [0.05, 0.1) is 9.84 Å². The smallest absolute Gasteiger partial charge is 0.332 e. The summed E-state index contributed by atoms with van der Waals surface area (Å²) in [5.41, 5.74) is 0. The van der Waals surface area contributed by atoms with Gasteiger partial charge in [-0.1, -0.05) is 18.2 Å². The van der Waals surface area contributed by atoms with Crippen molar-refractivity contribution in [2.45, 2.75) is 4.90 Å². The molecule has 0 saturated heterocycles. The molecule has 0 aromatic heterocycles. The number of halogens is 1. The molecule has 0 N–H and O–H groups in total. The van der Waals surface area contributed by atoms with Crippen LogP contribution in [0.4, 0.5) is 0 Å². The first kappa shape index (κ1) is 12.1. The van der Waals surface area contributed by atoms with E-state index in [0.717, 1.165) is 0 Å². The molecule has 0 aliphatic carbocycles. The van der Waals surface area contributed by atoms with E-state index in [1.54, 1.807) is 18.2 Å². The summed E-state index contributed by atoms with van der Waals surface area (Å²) in [5.74, 6) is 0. The average molecular weight is 197 g/mol. The van der Waals surface area contributed by atoms with Crippen LogP contribution in [0, 0.1) is 5.21 Å². The third-order valence-electron chi connectivity index (χ3n) is 1.19. The van der Waals surface area contributed by atoms with Gasteiger partial charge in [0.1, 0.15) is 0 Å². The Morgan fingerprint density at radius 3 is 2.08 bits per heavy atom. The number of hydrogen-bond acceptors (Lipinski definition) is 2. The van der Waals surface area contributed by atoms with E-state index in [0.29, 0.717) is 5.21 Å². The van der Waals surface area contributed by atoms with Gasteiger partial charge in [-0.3, -0.25) is 8.42 Å². The maximum atomic E-state index is 11.0. The summed E-state index contributed by atoms with van der Waals surface area (Å²) < 4.78 is 22.0. The van der Waals surface area contributed by atoms with E-state index in [2.05, 4.69) is 0 Å². The molecular weight excluding hydrogens is 191 g/mol. The van der Waals surface area contributed by atoms with Gasteiger partial charge in [-0.05, 0) is 12.1 Å². The molecule has 0 unspecified atom stereocenters. The Bertz CT molecular complexity index is 323. The van der Waals surface area contributed by atoms with E-state index in [1.165, 1.54) is 12.1 Å². The second kappa shape index (κ2) is 4.93. The maximum absolute atomic E-state index is 11.0. The number of rotatable bonds is 2. The number of benzene rings is 1. The molecule has 5 heteroatoms. The Balaban J connectivity index is 0.00000121. The number of sulfone groups is 1. The Hall–Kier alpha value is 0.0574. The van der Waals surface area contributed by atoms with E-state index in [4.69, 9.17) is 11.6 Å². The predicted molar refractivity (Wildman–Crippen MR) is 43.8 cm³/mol. The van der Waals surface area contributed by atoms with Crippen LogP contribution in [-0.2, 0) is 9.84 Å². The molecule has 1 rings (SSSR count). The van der Waals surface area contributed by atoms with Gasteiger partial charge < -0.3 is 11.6 Å². The van der Waals surface area contributed by atoms with E-state index < -0.39 is 9.84 Å². The van der Waals surface area contributed by atoms with Crippen LogP contribution in [0.1, 0.15) is 0 Å². The van der Waals surface area contributed by atoms with Crippen LogP contribution < -0.4 is 18.9 Å². The van der Waals surface area contributed by atoms with Gasteiger partial charge in [-0.15, -0.1) is 5.21 Å². The third kappa shape index (κ3) is 2.84. The van der Waals surface area contributed by atoms with Crippen molar-refractivity contribution in [2.24, 2.45) is 0 Å². The fraction of sp³-hybridized carbons (Fsp3) is 0. The summed E-state index contributed by atoms with van der Waals surface area (Å²) >= 11 is 5.11. The van der Waals surface area contributed by atoms with E-state index >= 15 is 0 Å². The minimum absolute atomic E-state index is 0. The summed E-state index contributed by atoms with van der Waals surface area (Å²) in [7, 11) is -3.36. The van der Waals surface area contributed by atoms with E-state index in [1.807, 2.05) is 0 Å². The normalized spacial score (nSPS) is 10.4. The van der Waals surface area contributed by atoms with Gasteiger partial charge >= 0.3 is 18.9 Å². The molecule has 12 heavy (non-hydrogen) atoms. The van der Waals surface area contributed by atoms with E-state index in [9.17, 15) is 8.42 Å². The largest absolute Gasteiger partial charge is 1.00 e. The molecule has 0 fully saturated rings. The average Bonchev–Trinajstić information content (AvgIpc) is 2.06. The molecule has 1 aromatic rings. The van der Waals surface area contributed by atoms with Crippen LogP contribution in [-0.4, -0.2) is 8.42 Å². The Morgan fingerprint density at radius 2 is 1.67 bits per heavy atom. The fourth-order valence-corrected chi connectivity index (χ4v) is 1.61. The fourth-order valence-electron chi connectivity index (χ4n) is 0.662. The minimum atomic E-state index is -3.36. The van der Waals surface area contributed by atoms with Gasteiger partial charge in [0.15, 0.2) is 0 Å². The number of hydrogen-bond donors (Lipinski definition) is 0. The summed E-state index contributed by atoms with van der Waals surface area (Å²) in [6, 6.07) is 8.02. The zero-order chi connectivity index (χ0) is 8.32. The summed E-state index contributed by atoms with van der Waals surface area (Å²) in [5, 5.41) is 0.669. The second-order valence-electron chi connectivity index (χ2n) is 1.95. The molecule has 0 spiro atoms. The van der Waals surface area contributed by atoms with Crippen LogP contribution in [0.15, 0.2) is 35.2 Å². The molecule has 0 heterocycles. The molecule has 0 bridgehead atoms. The zero-order valence-corrected chi connectivity index (χ0v) is 8.14. The first-order valence-corrected chi connectivity index (χ1v) is 4.88. The third-order valence-corrected chi connectivity index (χ3v) is 3.06.